The van der Waals surface area contributed by atoms with Gasteiger partial charge in [-0.05, 0) is 70.4 Å². The van der Waals surface area contributed by atoms with Gasteiger partial charge in [-0.25, -0.2) is 13.4 Å². The number of nitrogens with zero attached hydrogens (tertiary/aromatic N) is 3. The normalized spacial score (nSPS) is 17.1. The van der Waals surface area contributed by atoms with Crippen LogP contribution < -0.4 is 5.56 Å². The second-order valence-corrected chi connectivity index (χ2v) is 11.4. The van der Waals surface area contributed by atoms with Crippen LogP contribution in [0.5, 0.6) is 0 Å². The molecule has 0 saturated carbocycles. The third-order valence-electron chi connectivity index (χ3n) is 6.65. The van der Waals surface area contributed by atoms with Gasteiger partial charge in [0.1, 0.15) is 5.82 Å². The van der Waals surface area contributed by atoms with Gasteiger partial charge in [-0.3, -0.25) is 9.59 Å². The molecule has 8 nitrogen and oxygen atoms in total. The number of piperidine rings is 1. The van der Waals surface area contributed by atoms with Crippen molar-refractivity contribution in [2.45, 2.75) is 70.5 Å². The number of benzene rings is 2. The standard InChI is InChI=1S/C26H32N4O4S/c1-17(2)29(16-24-27-23-11-6-5-10-21(23)25(31)28-24)26(32)22-15-20(13-12-18(22)3)35(33,34)30-14-8-7-9-19(30)4/h5-6,10-13,15,17,19H,7-9,14,16H2,1-4H3,(H,27,28,31). The maximum atomic E-state index is 13.7. The largest absolute Gasteiger partial charge is 0.329 e. The van der Waals surface area contributed by atoms with Crippen molar-refractivity contribution in [2.24, 2.45) is 0 Å². The smallest absolute Gasteiger partial charge is 0.258 e. The highest BCUT2D eigenvalue weighted by atomic mass is 32.2. The van der Waals surface area contributed by atoms with E-state index >= 15 is 0 Å². The number of carbonyl (C=O) groups is 1. The fourth-order valence-electron chi connectivity index (χ4n) is 4.57. The third-order valence-corrected chi connectivity index (χ3v) is 8.66. The lowest BCUT2D eigenvalue weighted by atomic mass is 10.1. The highest BCUT2D eigenvalue weighted by Crippen LogP contribution is 2.27. The molecule has 1 atom stereocenters. The topological polar surface area (TPSA) is 103 Å². The van der Waals surface area contributed by atoms with E-state index in [4.69, 9.17) is 0 Å². The predicted molar refractivity (Wildman–Crippen MR) is 136 cm³/mol. The van der Waals surface area contributed by atoms with Gasteiger partial charge in [-0.1, -0.05) is 24.6 Å². The second kappa shape index (κ2) is 9.91. The number of hydrogen-bond donors (Lipinski definition) is 1. The number of aromatic nitrogens is 2. The number of fused-ring (bicyclic) bond motifs is 1. The second-order valence-electron chi connectivity index (χ2n) is 9.49. The van der Waals surface area contributed by atoms with Crippen molar-refractivity contribution in [1.29, 1.82) is 0 Å². The molecule has 9 heteroatoms. The molecule has 0 spiro atoms. The van der Waals surface area contributed by atoms with Gasteiger partial charge >= 0.3 is 0 Å². The molecule has 1 fully saturated rings. The first-order valence-electron chi connectivity index (χ1n) is 12.0. The number of H-pyrrole nitrogens is 1. The summed E-state index contributed by atoms with van der Waals surface area (Å²) in [4.78, 5) is 35.2. The third kappa shape index (κ3) is 5.01. The summed E-state index contributed by atoms with van der Waals surface area (Å²) in [6.45, 7) is 8.05. The lowest BCUT2D eigenvalue weighted by Gasteiger charge is -2.32. The van der Waals surface area contributed by atoms with Gasteiger partial charge in [0.2, 0.25) is 10.0 Å². The predicted octanol–water partition coefficient (Wildman–Crippen LogP) is 3.85. The Balaban J connectivity index is 1.68. The van der Waals surface area contributed by atoms with Gasteiger partial charge in [0.05, 0.1) is 22.3 Å². The average Bonchev–Trinajstić information content (AvgIpc) is 2.82. The molecular formula is C26H32N4O4S. The minimum absolute atomic E-state index is 0.0721. The molecule has 4 rings (SSSR count). The van der Waals surface area contributed by atoms with Crippen molar-refractivity contribution in [2.75, 3.05) is 6.54 Å². The molecule has 3 aromatic rings. The van der Waals surface area contributed by atoms with Crippen LogP contribution in [0.15, 0.2) is 52.2 Å². The lowest BCUT2D eigenvalue weighted by Crippen LogP contribution is -2.42. The zero-order valence-electron chi connectivity index (χ0n) is 20.6. The van der Waals surface area contributed by atoms with Crippen LogP contribution in [0.3, 0.4) is 0 Å². The lowest BCUT2D eigenvalue weighted by molar-refractivity contribution is 0.0684. The molecule has 1 amide bonds. The quantitative estimate of drug-likeness (QED) is 0.558. The molecule has 0 radical (unpaired) electrons. The van der Waals surface area contributed by atoms with E-state index in [1.54, 1.807) is 46.5 Å². The Morgan fingerprint density at radius 3 is 2.66 bits per heavy atom. The molecule has 1 unspecified atom stereocenters. The molecular weight excluding hydrogens is 464 g/mol. The molecule has 1 N–H and O–H groups in total. The van der Waals surface area contributed by atoms with Gasteiger partial charge in [0.15, 0.2) is 0 Å². The highest BCUT2D eigenvalue weighted by molar-refractivity contribution is 7.89. The SMILES string of the molecule is Cc1ccc(S(=O)(=O)N2CCCCC2C)cc1C(=O)N(Cc1nc2ccccc2c(=O)[nH]1)C(C)C. The fourth-order valence-corrected chi connectivity index (χ4v) is 6.30. The maximum Gasteiger partial charge on any atom is 0.258 e. The van der Waals surface area contributed by atoms with E-state index in [1.165, 1.54) is 6.07 Å². The average molecular weight is 497 g/mol. The number of aryl methyl sites for hydroxylation is 1. The van der Waals surface area contributed by atoms with Crippen LogP contribution in [-0.4, -0.2) is 52.1 Å². The van der Waals surface area contributed by atoms with Crippen molar-refractivity contribution in [3.05, 3.63) is 69.8 Å². The first kappa shape index (κ1) is 25.1. The summed E-state index contributed by atoms with van der Waals surface area (Å²) < 4.78 is 28.3. The molecule has 2 aromatic carbocycles. The zero-order valence-corrected chi connectivity index (χ0v) is 21.4. The van der Waals surface area contributed by atoms with Crippen LogP contribution in [-0.2, 0) is 16.6 Å². The summed E-state index contributed by atoms with van der Waals surface area (Å²) in [5, 5.41) is 0.486. The van der Waals surface area contributed by atoms with E-state index in [2.05, 4.69) is 9.97 Å². The van der Waals surface area contributed by atoms with E-state index in [9.17, 15) is 18.0 Å². The zero-order chi connectivity index (χ0) is 25.3. The number of sulfonamides is 1. The number of nitrogens with one attached hydrogen (secondary N) is 1. The number of carbonyl (C=O) groups excluding carboxylic acids is 1. The Bertz CT molecular complexity index is 1410. The van der Waals surface area contributed by atoms with Crippen LogP contribution in [0.2, 0.25) is 0 Å². The Kier molecular flexibility index (Phi) is 7.10. The van der Waals surface area contributed by atoms with Gasteiger partial charge in [0, 0.05) is 24.2 Å². The molecule has 2 heterocycles. The molecule has 35 heavy (non-hydrogen) atoms. The van der Waals surface area contributed by atoms with Crippen molar-refractivity contribution < 1.29 is 13.2 Å². The van der Waals surface area contributed by atoms with Crippen molar-refractivity contribution >= 4 is 26.8 Å². The monoisotopic (exact) mass is 496 g/mol. The van der Waals surface area contributed by atoms with E-state index < -0.39 is 10.0 Å². The van der Waals surface area contributed by atoms with Crippen LogP contribution in [0.4, 0.5) is 0 Å². The summed E-state index contributed by atoms with van der Waals surface area (Å²) in [5.41, 5.74) is 1.31. The van der Waals surface area contributed by atoms with Crippen LogP contribution in [0.25, 0.3) is 10.9 Å². The van der Waals surface area contributed by atoms with E-state index in [0.717, 1.165) is 19.3 Å². The first-order chi connectivity index (χ1) is 16.6. The minimum Gasteiger partial charge on any atom is -0.329 e. The summed E-state index contributed by atoms with van der Waals surface area (Å²) in [6.07, 6.45) is 2.67. The Labute approximate surface area is 206 Å². The molecule has 1 aliphatic heterocycles. The Morgan fingerprint density at radius 1 is 1.20 bits per heavy atom. The number of aromatic amines is 1. The molecule has 186 valence electrons. The van der Waals surface area contributed by atoms with E-state index in [1.807, 2.05) is 26.8 Å². The first-order valence-corrected chi connectivity index (χ1v) is 13.4. The maximum absolute atomic E-state index is 13.7. The Morgan fingerprint density at radius 2 is 1.94 bits per heavy atom. The van der Waals surface area contributed by atoms with Crippen molar-refractivity contribution in [3.8, 4) is 0 Å². The molecule has 0 bridgehead atoms. The summed E-state index contributed by atoms with van der Waals surface area (Å²) >= 11 is 0. The molecule has 0 aliphatic carbocycles. The van der Waals surface area contributed by atoms with Gasteiger partial charge in [-0.15, -0.1) is 0 Å². The fraction of sp³-hybridized carbons (Fsp3) is 0.423. The van der Waals surface area contributed by atoms with E-state index in [0.29, 0.717) is 34.4 Å². The van der Waals surface area contributed by atoms with Gasteiger partial charge < -0.3 is 9.88 Å². The van der Waals surface area contributed by atoms with Gasteiger partial charge in [-0.2, -0.15) is 4.31 Å². The summed E-state index contributed by atoms with van der Waals surface area (Å²) in [6, 6.07) is 11.5. The van der Waals surface area contributed by atoms with Crippen LogP contribution in [0, 0.1) is 6.92 Å². The number of hydrogen-bond acceptors (Lipinski definition) is 5. The van der Waals surface area contributed by atoms with Crippen LogP contribution >= 0.6 is 0 Å². The van der Waals surface area contributed by atoms with Crippen molar-refractivity contribution in [1.82, 2.24) is 19.2 Å². The molecule has 1 aliphatic rings. The Hall–Kier alpha value is -3.04. The molecule has 1 saturated heterocycles. The minimum atomic E-state index is -3.72. The summed E-state index contributed by atoms with van der Waals surface area (Å²) in [5.74, 6) is 0.0661. The number of para-hydroxylation sites is 1. The van der Waals surface area contributed by atoms with Crippen LogP contribution in [0.1, 0.15) is 61.8 Å². The van der Waals surface area contributed by atoms with Gasteiger partial charge in [0.25, 0.3) is 11.5 Å². The molecule has 1 aromatic heterocycles. The van der Waals surface area contributed by atoms with E-state index in [-0.39, 0.29) is 35.0 Å². The number of amides is 1. The number of rotatable bonds is 6. The highest BCUT2D eigenvalue weighted by Gasteiger charge is 2.32. The van der Waals surface area contributed by atoms with Crippen molar-refractivity contribution in [3.63, 3.8) is 0 Å². The summed E-state index contributed by atoms with van der Waals surface area (Å²) in [7, 11) is -3.72.